The van der Waals surface area contributed by atoms with E-state index in [0.717, 1.165) is 11.3 Å². The average molecular weight is 273 g/mol. The van der Waals surface area contributed by atoms with Crippen LogP contribution in [0.25, 0.3) is 0 Å². The summed E-state index contributed by atoms with van der Waals surface area (Å²) in [6.45, 7) is 2.46. The fourth-order valence-corrected chi connectivity index (χ4v) is 2.88. The number of hydrogen-bond acceptors (Lipinski definition) is 2. The predicted molar refractivity (Wildman–Crippen MR) is 78.2 cm³/mol. The van der Waals surface area contributed by atoms with E-state index in [-0.39, 0.29) is 5.82 Å². The molecule has 3 nitrogen and oxygen atoms in total. The average Bonchev–Trinajstić information content (AvgIpc) is 3.09. The fourth-order valence-electron chi connectivity index (χ4n) is 2.88. The second kappa shape index (κ2) is 5.65. The molecule has 1 fully saturated rings. The van der Waals surface area contributed by atoms with E-state index in [4.69, 9.17) is 0 Å². The van der Waals surface area contributed by atoms with Gasteiger partial charge in [0.2, 0.25) is 0 Å². The lowest BCUT2D eigenvalue weighted by molar-refractivity contribution is 0.463. The van der Waals surface area contributed by atoms with Crippen LogP contribution >= 0.6 is 0 Å². The molecule has 3 rings (SSSR count). The smallest absolute Gasteiger partial charge is 0.146 e. The van der Waals surface area contributed by atoms with Crippen LogP contribution in [-0.2, 0) is 6.54 Å². The van der Waals surface area contributed by atoms with E-state index in [1.54, 1.807) is 6.07 Å². The second-order valence-corrected chi connectivity index (χ2v) is 5.51. The summed E-state index contributed by atoms with van der Waals surface area (Å²) in [5.74, 6) is -0.208. The maximum absolute atomic E-state index is 13.7. The van der Waals surface area contributed by atoms with Crippen molar-refractivity contribution in [1.29, 1.82) is 0 Å². The first kappa shape index (κ1) is 13.2. The topological polar surface area (TPSA) is 29.9 Å². The molecule has 4 heteroatoms. The normalized spacial score (nSPS) is 15.7. The third-order valence-electron chi connectivity index (χ3n) is 4.03. The molecule has 1 aromatic carbocycles. The third-order valence-corrected chi connectivity index (χ3v) is 4.03. The molecule has 20 heavy (non-hydrogen) atoms. The number of hydrogen-bond donors (Lipinski definition) is 1. The zero-order valence-corrected chi connectivity index (χ0v) is 11.8. The van der Waals surface area contributed by atoms with Gasteiger partial charge in [-0.1, -0.05) is 25.0 Å². The first-order valence-corrected chi connectivity index (χ1v) is 7.27. The van der Waals surface area contributed by atoms with Crippen LogP contribution in [0.2, 0.25) is 0 Å². The van der Waals surface area contributed by atoms with Gasteiger partial charge in [0.15, 0.2) is 0 Å². The molecule has 0 amide bonds. The maximum Gasteiger partial charge on any atom is 0.146 e. The molecule has 0 unspecified atom stereocenters. The van der Waals surface area contributed by atoms with Crippen molar-refractivity contribution in [2.75, 3.05) is 5.32 Å². The lowest BCUT2D eigenvalue weighted by Gasteiger charge is -2.10. The summed E-state index contributed by atoms with van der Waals surface area (Å²) in [5.41, 5.74) is 2.45. The van der Waals surface area contributed by atoms with Crippen LogP contribution in [0.5, 0.6) is 0 Å². The molecule has 0 aliphatic heterocycles. The van der Waals surface area contributed by atoms with Crippen LogP contribution in [0.3, 0.4) is 0 Å². The summed E-state index contributed by atoms with van der Waals surface area (Å²) >= 11 is 0. The molecule has 1 saturated carbocycles. The number of anilines is 1. The van der Waals surface area contributed by atoms with Gasteiger partial charge in [-0.25, -0.2) is 4.39 Å². The van der Waals surface area contributed by atoms with E-state index >= 15 is 0 Å². The van der Waals surface area contributed by atoms with E-state index in [9.17, 15) is 4.39 Å². The molecule has 0 atom stereocenters. The molecular weight excluding hydrogens is 253 g/mol. The number of nitrogens with one attached hydrogen (secondary N) is 1. The van der Waals surface area contributed by atoms with Crippen molar-refractivity contribution in [3.63, 3.8) is 0 Å². The standard InChI is InChI=1S/C16H20FN3/c1-12-5-4-8-15(17)16(12)18-11-13-9-10-20(19-13)14-6-2-3-7-14/h4-5,8-10,14,18H,2-3,6-7,11H2,1H3. The number of rotatable bonds is 4. The van der Waals surface area contributed by atoms with Crippen molar-refractivity contribution in [3.05, 3.63) is 47.5 Å². The lowest BCUT2D eigenvalue weighted by atomic mass is 10.2. The minimum Gasteiger partial charge on any atom is -0.377 e. The number of halogens is 1. The van der Waals surface area contributed by atoms with Gasteiger partial charge in [0.25, 0.3) is 0 Å². The minimum atomic E-state index is -0.208. The molecule has 1 aromatic heterocycles. The van der Waals surface area contributed by atoms with Gasteiger partial charge < -0.3 is 5.32 Å². The van der Waals surface area contributed by atoms with Gasteiger partial charge in [0, 0.05) is 6.20 Å². The molecule has 1 aliphatic rings. The summed E-state index contributed by atoms with van der Waals surface area (Å²) in [6.07, 6.45) is 7.09. The summed E-state index contributed by atoms with van der Waals surface area (Å²) in [4.78, 5) is 0. The first-order valence-electron chi connectivity index (χ1n) is 7.27. The van der Waals surface area contributed by atoms with Gasteiger partial charge in [-0.05, 0) is 37.5 Å². The zero-order valence-electron chi connectivity index (χ0n) is 11.8. The van der Waals surface area contributed by atoms with Crippen molar-refractivity contribution in [2.24, 2.45) is 0 Å². The molecule has 0 radical (unpaired) electrons. The van der Waals surface area contributed by atoms with Gasteiger partial charge in [0.05, 0.1) is 24.0 Å². The molecular formula is C16H20FN3. The highest BCUT2D eigenvalue weighted by Gasteiger charge is 2.17. The SMILES string of the molecule is Cc1cccc(F)c1NCc1ccn(C2CCCC2)n1. The van der Waals surface area contributed by atoms with E-state index in [2.05, 4.69) is 15.1 Å². The molecule has 0 spiro atoms. The fraction of sp³-hybridized carbons (Fsp3) is 0.438. The maximum atomic E-state index is 13.7. The predicted octanol–water partition coefficient (Wildman–Crippen LogP) is 4.06. The Balaban J connectivity index is 1.66. The highest BCUT2D eigenvalue weighted by Crippen LogP contribution is 2.28. The number of aryl methyl sites for hydroxylation is 1. The van der Waals surface area contributed by atoms with E-state index in [1.165, 1.54) is 31.7 Å². The van der Waals surface area contributed by atoms with Crippen LogP contribution in [0, 0.1) is 12.7 Å². The Kier molecular flexibility index (Phi) is 3.72. The minimum absolute atomic E-state index is 0.208. The molecule has 1 heterocycles. The Labute approximate surface area is 118 Å². The number of para-hydroxylation sites is 1. The molecule has 106 valence electrons. The molecule has 0 bridgehead atoms. The van der Waals surface area contributed by atoms with Crippen molar-refractivity contribution in [3.8, 4) is 0 Å². The molecule has 2 aromatic rings. The number of nitrogens with zero attached hydrogens (tertiary/aromatic N) is 2. The largest absolute Gasteiger partial charge is 0.377 e. The number of aromatic nitrogens is 2. The van der Waals surface area contributed by atoms with E-state index < -0.39 is 0 Å². The van der Waals surface area contributed by atoms with Gasteiger partial charge >= 0.3 is 0 Å². The highest BCUT2D eigenvalue weighted by molar-refractivity contribution is 5.51. The van der Waals surface area contributed by atoms with Crippen LogP contribution in [0.15, 0.2) is 30.5 Å². The van der Waals surface area contributed by atoms with E-state index in [1.807, 2.05) is 25.3 Å². The summed E-state index contributed by atoms with van der Waals surface area (Å²) in [5, 5.41) is 7.75. The Bertz CT molecular complexity index is 565. The Hall–Kier alpha value is -1.84. The van der Waals surface area contributed by atoms with Crippen molar-refractivity contribution < 1.29 is 4.39 Å². The summed E-state index contributed by atoms with van der Waals surface area (Å²) < 4.78 is 15.8. The highest BCUT2D eigenvalue weighted by atomic mass is 19.1. The van der Waals surface area contributed by atoms with Gasteiger partial charge in [-0.3, -0.25) is 4.68 Å². The number of benzene rings is 1. The zero-order chi connectivity index (χ0) is 13.9. The quantitative estimate of drug-likeness (QED) is 0.910. The van der Waals surface area contributed by atoms with E-state index in [0.29, 0.717) is 18.3 Å². The Morgan fingerprint density at radius 1 is 1.30 bits per heavy atom. The summed E-state index contributed by atoms with van der Waals surface area (Å²) in [7, 11) is 0. The Morgan fingerprint density at radius 3 is 2.85 bits per heavy atom. The summed E-state index contributed by atoms with van der Waals surface area (Å²) in [6, 6.07) is 7.68. The van der Waals surface area contributed by atoms with Gasteiger partial charge in [-0.2, -0.15) is 5.10 Å². The first-order chi connectivity index (χ1) is 9.74. The van der Waals surface area contributed by atoms with Crippen molar-refractivity contribution in [1.82, 2.24) is 9.78 Å². The van der Waals surface area contributed by atoms with Crippen LogP contribution in [-0.4, -0.2) is 9.78 Å². The van der Waals surface area contributed by atoms with Gasteiger partial charge in [-0.15, -0.1) is 0 Å². The van der Waals surface area contributed by atoms with Gasteiger partial charge in [0.1, 0.15) is 5.82 Å². The van der Waals surface area contributed by atoms with Crippen LogP contribution in [0.4, 0.5) is 10.1 Å². The third kappa shape index (κ3) is 2.69. The van der Waals surface area contributed by atoms with Crippen LogP contribution in [0.1, 0.15) is 43.0 Å². The van der Waals surface area contributed by atoms with Crippen molar-refractivity contribution in [2.45, 2.75) is 45.2 Å². The second-order valence-electron chi connectivity index (χ2n) is 5.51. The van der Waals surface area contributed by atoms with Crippen LogP contribution < -0.4 is 5.32 Å². The molecule has 1 aliphatic carbocycles. The van der Waals surface area contributed by atoms with Crippen molar-refractivity contribution >= 4 is 5.69 Å². The lowest BCUT2D eigenvalue weighted by Crippen LogP contribution is -2.08. The Morgan fingerprint density at radius 2 is 2.10 bits per heavy atom. The monoisotopic (exact) mass is 273 g/mol. The molecule has 1 N–H and O–H groups in total. The molecule has 0 saturated heterocycles.